The topological polar surface area (TPSA) is 26.3 Å². The third-order valence-electron chi connectivity index (χ3n) is 1.71. The Balaban J connectivity index is 2.87. The number of thiol groups is 1. The summed E-state index contributed by atoms with van der Waals surface area (Å²) in [5.74, 6) is 0.702. The predicted molar refractivity (Wildman–Crippen MR) is 60.1 cm³/mol. The van der Waals surface area contributed by atoms with Crippen LogP contribution < -0.4 is 4.74 Å². The first kappa shape index (κ1) is 10.9. The van der Waals surface area contributed by atoms with Crippen LogP contribution >= 0.6 is 12.6 Å². The third kappa shape index (κ3) is 2.92. The van der Waals surface area contributed by atoms with Crippen LogP contribution in [0.15, 0.2) is 35.2 Å². The molecule has 1 aromatic rings. The highest BCUT2D eigenvalue weighted by Crippen LogP contribution is 2.12. The lowest BCUT2D eigenvalue weighted by Crippen LogP contribution is -1.94. The van der Waals surface area contributed by atoms with Crippen LogP contribution in [0.4, 0.5) is 0 Å². The second-order valence-electron chi connectivity index (χ2n) is 2.88. The average Bonchev–Trinajstić information content (AvgIpc) is 2.17. The average molecular weight is 208 g/mol. The highest BCUT2D eigenvalue weighted by molar-refractivity contribution is 7.84. The molecule has 1 aromatic carbocycles. The Morgan fingerprint density at radius 1 is 1.36 bits per heavy atom. The molecular weight excluding hydrogens is 196 g/mol. The molecule has 0 unspecified atom stereocenters. The Bertz CT molecular complexity index is 348. The van der Waals surface area contributed by atoms with E-state index >= 15 is 0 Å². The van der Waals surface area contributed by atoms with E-state index in [-0.39, 0.29) is 5.78 Å². The summed E-state index contributed by atoms with van der Waals surface area (Å²) >= 11 is 4.04. The molecule has 0 spiro atoms. The van der Waals surface area contributed by atoms with E-state index < -0.39 is 0 Å². The second-order valence-corrected chi connectivity index (χ2v) is 3.58. The molecule has 3 heteroatoms. The van der Waals surface area contributed by atoms with Crippen molar-refractivity contribution in [3.63, 3.8) is 0 Å². The number of carbonyl (C=O) groups is 1. The monoisotopic (exact) mass is 208 g/mol. The number of rotatable bonds is 3. The zero-order valence-electron chi connectivity index (χ0n) is 8.15. The first-order valence-corrected chi connectivity index (χ1v) is 4.64. The number of benzene rings is 1. The fraction of sp³-hybridized carbons (Fsp3) is 0.182. The van der Waals surface area contributed by atoms with E-state index in [1.165, 1.54) is 6.08 Å². The zero-order valence-corrected chi connectivity index (χ0v) is 9.04. The van der Waals surface area contributed by atoms with Crippen LogP contribution in [0.1, 0.15) is 17.3 Å². The molecule has 0 radical (unpaired) electrons. The molecule has 0 fully saturated rings. The molecule has 0 N–H and O–H groups in total. The summed E-state index contributed by atoms with van der Waals surface area (Å²) in [4.78, 5) is 12.2. The Kier molecular flexibility index (Phi) is 3.77. The SMILES string of the molecule is COc1ccc(C(=O)/C=C(/C)S)cc1. The predicted octanol–water partition coefficient (Wildman–Crippen LogP) is 2.71. The van der Waals surface area contributed by atoms with Gasteiger partial charge in [-0.05, 0) is 42.2 Å². The van der Waals surface area contributed by atoms with Gasteiger partial charge in [0.1, 0.15) is 5.75 Å². The fourth-order valence-corrected chi connectivity index (χ4v) is 1.15. The smallest absolute Gasteiger partial charge is 0.186 e. The number of hydrogen-bond donors (Lipinski definition) is 1. The third-order valence-corrected chi connectivity index (χ3v) is 1.84. The molecule has 0 saturated heterocycles. The van der Waals surface area contributed by atoms with Crippen LogP contribution in [0, 0.1) is 0 Å². The largest absolute Gasteiger partial charge is 0.497 e. The first-order valence-electron chi connectivity index (χ1n) is 4.19. The second kappa shape index (κ2) is 4.86. The minimum absolute atomic E-state index is 0.0415. The minimum atomic E-state index is -0.0415. The van der Waals surface area contributed by atoms with Crippen molar-refractivity contribution in [2.24, 2.45) is 0 Å². The molecule has 0 aliphatic heterocycles. The maximum Gasteiger partial charge on any atom is 0.186 e. The van der Waals surface area contributed by atoms with E-state index in [0.717, 1.165) is 5.75 Å². The highest BCUT2D eigenvalue weighted by Gasteiger charge is 2.01. The molecule has 0 aromatic heterocycles. The molecular formula is C11H12O2S. The molecule has 1 rings (SSSR count). The van der Waals surface area contributed by atoms with E-state index in [2.05, 4.69) is 12.6 Å². The molecule has 74 valence electrons. The molecule has 0 heterocycles. The van der Waals surface area contributed by atoms with Gasteiger partial charge in [-0.2, -0.15) is 0 Å². The van der Waals surface area contributed by atoms with Gasteiger partial charge >= 0.3 is 0 Å². The minimum Gasteiger partial charge on any atom is -0.497 e. The number of methoxy groups -OCH3 is 1. The summed E-state index contributed by atoms with van der Waals surface area (Å²) < 4.78 is 4.99. The lowest BCUT2D eigenvalue weighted by molar-refractivity contribution is 0.104. The summed E-state index contributed by atoms with van der Waals surface area (Å²) in [6.07, 6.45) is 1.49. The highest BCUT2D eigenvalue weighted by atomic mass is 32.1. The van der Waals surface area contributed by atoms with Gasteiger partial charge < -0.3 is 4.74 Å². The van der Waals surface area contributed by atoms with Crippen LogP contribution in [0.3, 0.4) is 0 Å². The maximum atomic E-state index is 11.5. The van der Waals surface area contributed by atoms with Gasteiger partial charge in [-0.15, -0.1) is 12.6 Å². The van der Waals surface area contributed by atoms with Gasteiger partial charge in [-0.25, -0.2) is 0 Å². The lowest BCUT2D eigenvalue weighted by Gasteiger charge is -2.00. The Morgan fingerprint density at radius 2 is 1.93 bits per heavy atom. The van der Waals surface area contributed by atoms with Gasteiger partial charge in [0.05, 0.1) is 7.11 Å². The summed E-state index contributed by atoms with van der Waals surface area (Å²) in [5, 5.41) is 0. The number of carbonyl (C=O) groups excluding carboxylic acids is 1. The van der Waals surface area contributed by atoms with E-state index in [1.807, 2.05) is 0 Å². The van der Waals surface area contributed by atoms with Crippen LogP contribution in [0.2, 0.25) is 0 Å². The van der Waals surface area contributed by atoms with E-state index in [4.69, 9.17) is 4.74 Å². The van der Waals surface area contributed by atoms with Gasteiger partial charge in [-0.3, -0.25) is 4.79 Å². The fourth-order valence-electron chi connectivity index (χ4n) is 1.03. The molecule has 0 amide bonds. The number of ketones is 1. The van der Waals surface area contributed by atoms with Crippen LogP contribution in [0.25, 0.3) is 0 Å². The van der Waals surface area contributed by atoms with E-state index in [1.54, 1.807) is 38.3 Å². The van der Waals surface area contributed by atoms with Crippen molar-refractivity contribution >= 4 is 18.4 Å². The number of hydrogen-bond acceptors (Lipinski definition) is 3. The van der Waals surface area contributed by atoms with Crippen LogP contribution in [-0.4, -0.2) is 12.9 Å². The summed E-state index contributed by atoms with van der Waals surface area (Å²) in [7, 11) is 1.59. The van der Waals surface area contributed by atoms with Crippen LogP contribution in [0.5, 0.6) is 5.75 Å². The number of allylic oxidation sites excluding steroid dienone is 2. The normalized spacial score (nSPS) is 11.2. The van der Waals surface area contributed by atoms with Gasteiger partial charge in [-0.1, -0.05) is 0 Å². The van der Waals surface area contributed by atoms with Gasteiger partial charge in [0.25, 0.3) is 0 Å². The molecule has 0 atom stereocenters. The van der Waals surface area contributed by atoms with Crippen molar-refractivity contribution in [3.05, 3.63) is 40.8 Å². The molecule has 0 aliphatic carbocycles. The molecule has 0 saturated carbocycles. The molecule has 0 bridgehead atoms. The zero-order chi connectivity index (χ0) is 10.6. The summed E-state index contributed by atoms with van der Waals surface area (Å²) in [5.41, 5.74) is 0.638. The quantitative estimate of drug-likeness (QED) is 0.469. The molecule has 14 heavy (non-hydrogen) atoms. The van der Waals surface area contributed by atoms with Crippen molar-refractivity contribution in [1.82, 2.24) is 0 Å². The molecule has 2 nitrogen and oxygen atoms in total. The van der Waals surface area contributed by atoms with Crippen molar-refractivity contribution in [2.75, 3.05) is 7.11 Å². The van der Waals surface area contributed by atoms with Crippen molar-refractivity contribution < 1.29 is 9.53 Å². The van der Waals surface area contributed by atoms with Gasteiger partial charge in [0, 0.05) is 5.56 Å². The van der Waals surface area contributed by atoms with Crippen molar-refractivity contribution in [1.29, 1.82) is 0 Å². The van der Waals surface area contributed by atoms with Crippen molar-refractivity contribution in [2.45, 2.75) is 6.92 Å². The van der Waals surface area contributed by atoms with Gasteiger partial charge in [0.2, 0.25) is 0 Å². The van der Waals surface area contributed by atoms with E-state index in [0.29, 0.717) is 10.5 Å². The lowest BCUT2D eigenvalue weighted by atomic mass is 10.1. The standard InChI is InChI=1S/C11H12O2S/c1-8(14)7-11(12)9-3-5-10(13-2)6-4-9/h3-7,14H,1-2H3/b8-7-. The molecule has 0 aliphatic rings. The Morgan fingerprint density at radius 3 is 2.36 bits per heavy atom. The summed E-state index contributed by atoms with van der Waals surface area (Å²) in [6.45, 7) is 1.77. The first-order chi connectivity index (χ1) is 6.63. The van der Waals surface area contributed by atoms with E-state index in [9.17, 15) is 4.79 Å². The maximum absolute atomic E-state index is 11.5. The van der Waals surface area contributed by atoms with Gasteiger partial charge in [0.15, 0.2) is 5.78 Å². The Labute approximate surface area is 89.0 Å². The van der Waals surface area contributed by atoms with Crippen molar-refractivity contribution in [3.8, 4) is 5.75 Å². The summed E-state index contributed by atoms with van der Waals surface area (Å²) in [6, 6.07) is 6.98. The van der Waals surface area contributed by atoms with Crippen LogP contribution in [-0.2, 0) is 0 Å². The number of ether oxygens (including phenoxy) is 1. The Hall–Kier alpha value is -1.22.